The minimum atomic E-state index is -5.34. The summed E-state index contributed by atoms with van der Waals surface area (Å²) in [6.45, 7) is -2.41. The normalized spacial score (nSPS) is 43.0. The van der Waals surface area contributed by atoms with Crippen LogP contribution in [0.4, 0.5) is 0 Å². The van der Waals surface area contributed by atoms with Gasteiger partial charge >= 0.3 is 32.7 Å². The molecule has 0 spiro atoms. The SMILES string of the molecule is CC(=O)N[C@H]1[C@H](O[C@H]2[C@H](O)[C@@H](O)[C@H](O[C@H]3[C@H](OS(=O)(=O)O)[C@@H](CO)O[C@H]3CO)O[C@@H]2C(=O)O)O[C@H](COS(=O)(=O)O)[C@@H](O[C@@H]2O[C@@H](C(=O)O)[C@@H](O)[C@H](O)[C@H]2O)[C@@H]1O. The van der Waals surface area contributed by atoms with Crippen LogP contribution < -0.4 is 5.32 Å². The van der Waals surface area contributed by atoms with E-state index in [1.54, 1.807) is 0 Å². The van der Waals surface area contributed by atoms with Crippen molar-refractivity contribution in [3.8, 4) is 0 Å². The fraction of sp³-hybridized carbons (Fsp3) is 0.885. The molecule has 0 aromatic heterocycles. The zero-order chi connectivity index (χ0) is 42.9. The van der Waals surface area contributed by atoms with Gasteiger partial charge in [-0.15, -0.1) is 0 Å². The number of carboxylic acids is 2. The maximum absolute atomic E-state index is 12.4. The second-order valence-electron chi connectivity index (χ2n) is 12.8. The molecule has 4 saturated heterocycles. The van der Waals surface area contributed by atoms with Gasteiger partial charge in [-0.3, -0.25) is 13.9 Å². The summed E-state index contributed by atoms with van der Waals surface area (Å²) >= 11 is 0. The van der Waals surface area contributed by atoms with Crippen LogP contribution >= 0.6 is 0 Å². The molecule has 0 aromatic rings. The Hall–Kier alpha value is -2.45. The van der Waals surface area contributed by atoms with E-state index in [1.165, 1.54) is 0 Å². The summed E-state index contributed by atoms with van der Waals surface area (Å²) in [4.78, 5) is 36.3. The Balaban J connectivity index is 1.64. The number of carbonyl (C=O) groups excluding carboxylic acids is 1. The molecule has 0 radical (unpaired) electrons. The van der Waals surface area contributed by atoms with Crippen molar-refractivity contribution in [3.05, 3.63) is 0 Å². The van der Waals surface area contributed by atoms with E-state index in [4.69, 9.17) is 33.2 Å². The summed E-state index contributed by atoms with van der Waals surface area (Å²) in [5, 5.41) is 105. The highest BCUT2D eigenvalue weighted by Gasteiger charge is 2.58. The number of amides is 1. The number of aliphatic carboxylic acids is 2. The maximum atomic E-state index is 12.4. The predicted molar refractivity (Wildman–Crippen MR) is 166 cm³/mol. The molecule has 4 heterocycles. The predicted octanol–water partition coefficient (Wildman–Crippen LogP) is -9.08. The third kappa shape index (κ3) is 11.2. The van der Waals surface area contributed by atoms with Gasteiger partial charge in [0.1, 0.15) is 85.4 Å². The second-order valence-corrected chi connectivity index (χ2v) is 15.0. The zero-order valence-electron chi connectivity index (χ0n) is 28.8. The standard InChI is InChI=1S/C26H41NO28S2/c1-5(30)27-9-10(31)16(50-25-14(35)11(32)12(33)20(53-25)22(37)38)8(4-47-56(41,42)43)49-24(9)52-19-13(34)15(36)26(54-21(19)23(39)40)51-17-6(2-28)48-7(3-29)18(17)55-57(44,45)46/h6-21,24-26,28-29,31-36H,2-4H2,1H3,(H,27,30)(H,37,38)(H,39,40)(H,41,42,43)(H,44,45,46)/t6-,7+,8+,9+,10+,11-,12-,13+,14+,15+,16+,17+,18+,19-,20+,21-,24-,25+,26+/m0/s1. The van der Waals surface area contributed by atoms with Crippen LogP contribution in [0.3, 0.4) is 0 Å². The van der Waals surface area contributed by atoms with E-state index in [2.05, 4.69) is 13.7 Å². The molecule has 13 N–H and O–H groups in total. The summed E-state index contributed by atoms with van der Waals surface area (Å²) in [6.07, 6.45) is -38.8. The topological polar surface area (TPSA) is 457 Å². The molecule has 0 unspecified atom stereocenters. The molecule has 57 heavy (non-hydrogen) atoms. The van der Waals surface area contributed by atoms with Crippen molar-refractivity contribution in [2.24, 2.45) is 0 Å². The van der Waals surface area contributed by atoms with Gasteiger partial charge in [0.05, 0.1) is 19.8 Å². The monoisotopic (exact) mass is 879 g/mol. The lowest BCUT2D eigenvalue weighted by molar-refractivity contribution is -0.364. The van der Waals surface area contributed by atoms with Gasteiger partial charge in [-0.2, -0.15) is 16.8 Å². The summed E-state index contributed by atoms with van der Waals surface area (Å²) in [6, 6.07) is -1.98. The molecule has 29 nitrogen and oxygen atoms in total. The Kier molecular flexibility index (Phi) is 15.6. The minimum Gasteiger partial charge on any atom is -0.479 e. The molecule has 4 rings (SSSR count). The van der Waals surface area contributed by atoms with Crippen molar-refractivity contribution >= 4 is 38.6 Å². The van der Waals surface area contributed by atoms with Crippen LogP contribution in [-0.4, -0.2) is 231 Å². The molecule has 31 heteroatoms. The maximum Gasteiger partial charge on any atom is 0.397 e. The molecule has 19 atom stereocenters. The third-order valence-electron chi connectivity index (χ3n) is 8.90. The van der Waals surface area contributed by atoms with Crippen LogP contribution in [0.1, 0.15) is 6.92 Å². The quantitative estimate of drug-likeness (QED) is 0.0640. The highest BCUT2D eigenvalue weighted by Crippen LogP contribution is 2.35. The zero-order valence-corrected chi connectivity index (χ0v) is 30.4. The molecular weight excluding hydrogens is 838 g/mol. The fourth-order valence-corrected chi connectivity index (χ4v) is 7.15. The van der Waals surface area contributed by atoms with Crippen molar-refractivity contribution in [2.45, 2.75) is 123 Å². The lowest BCUT2D eigenvalue weighted by Gasteiger charge is -2.49. The van der Waals surface area contributed by atoms with E-state index in [9.17, 15) is 91.4 Å². The van der Waals surface area contributed by atoms with Crippen LogP contribution in [0.2, 0.25) is 0 Å². The molecule has 0 aliphatic carbocycles. The molecule has 0 aromatic carbocycles. The highest BCUT2D eigenvalue weighted by molar-refractivity contribution is 7.81. The van der Waals surface area contributed by atoms with Crippen molar-refractivity contribution in [3.63, 3.8) is 0 Å². The first-order valence-corrected chi connectivity index (χ1v) is 19.0. The molecule has 0 bridgehead atoms. The average molecular weight is 880 g/mol. The molecule has 330 valence electrons. The Labute approximate surface area is 320 Å². The number of carboxylic acid groups (broad SMARTS) is 2. The van der Waals surface area contributed by atoms with Crippen LogP contribution in [0.25, 0.3) is 0 Å². The van der Waals surface area contributed by atoms with Crippen LogP contribution in [0.5, 0.6) is 0 Å². The van der Waals surface area contributed by atoms with Gasteiger partial charge in [-0.25, -0.2) is 18.0 Å². The van der Waals surface area contributed by atoms with Gasteiger partial charge in [-0.1, -0.05) is 0 Å². The smallest absolute Gasteiger partial charge is 0.397 e. The Morgan fingerprint density at radius 3 is 1.60 bits per heavy atom. The molecule has 0 saturated carbocycles. The van der Waals surface area contributed by atoms with Crippen LogP contribution in [-0.2, 0) is 76.7 Å². The number of ether oxygens (including phenoxy) is 7. The Bertz CT molecular complexity index is 1630. The number of hydrogen-bond acceptors (Lipinski definition) is 24. The average Bonchev–Trinajstić information content (AvgIpc) is 3.43. The first kappa shape index (κ1) is 47.2. The first-order chi connectivity index (χ1) is 26.4. The van der Waals surface area contributed by atoms with Gasteiger partial charge in [0.15, 0.2) is 31.1 Å². The number of rotatable bonds is 16. The van der Waals surface area contributed by atoms with Crippen molar-refractivity contribution in [1.82, 2.24) is 5.32 Å². The van der Waals surface area contributed by atoms with E-state index in [-0.39, 0.29) is 0 Å². The molecule has 4 aliphatic heterocycles. The minimum absolute atomic E-state index is 0.882. The van der Waals surface area contributed by atoms with Gasteiger partial charge in [0.2, 0.25) is 5.91 Å². The number of aliphatic hydroxyl groups is 8. The second kappa shape index (κ2) is 18.9. The van der Waals surface area contributed by atoms with Gasteiger partial charge in [0, 0.05) is 6.92 Å². The number of hydrogen-bond donors (Lipinski definition) is 13. The summed E-state index contributed by atoms with van der Waals surface area (Å²) < 4.78 is 111. The van der Waals surface area contributed by atoms with Crippen molar-refractivity contribution < 1.29 is 133 Å². The summed E-state index contributed by atoms with van der Waals surface area (Å²) in [7, 11) is -10.6. The lowest BCUT2D eigenvalue weighted by atomic mass is 9.94. The molecule has 1 amide bonds. The van der Waals surface area contributed by atoms with Crippen LogP contribution in [0.15, 0.2) is 0 Å². The lowest BCUT2D eigenvalue weighted by Crippen LogP contribution is -2.70. The number of carbonyl (C=O) groups is 3. The molecule has 4 aliphatic rings. The molecule has 4 fully saturated rings. The van der Waals surface area contributed by atoms with E-state index in [1.807, 2.05) is 0 Å². The van der Waals surface area contributed by atoms with E-state index >= 15 is 0 Å². The van der Waals surface area contributed by atoms with E-state index in [0.29, 0.717) is 0 Å². The van der Waals surface area contributed by atoms with Gasteiger partial charge in [0.25, 0.3) is 0 Å². The Morgan fingerprint density at radius 2 is 1.09 bits per heavy atom. The fourth-order valence-electron chi connectivity index (χ4n) is 6.33. The summed E-state index contributed by atoms with van der Waals surface area (Å²) in [5.41, 5.74) is 0. The number of aliphatic hydroxyl groups excluding tert-OH is 8. The summed E-state index contributed by atoms with van der Waals surface area (Å²) in [5.74, 6) is -4.82. The third-order valence-corrected chi connectivity index (χ3v) is 9.80. The molecular formula is C26H41NO28S2. The van der Waals surface area contributed by atoms with Crippen LogP contribution in [0, 0.1) is 0 Å². The number of nitrogens with one attached hydrogen (secondary N) is 1. The first-order valence-electron chi connectivity index (χ1n) is 16.3. The van der Waals surface area contributed by atoms with E-state index < -0.39 is 175 Å². The van der Waals surface area contributed by atoms with E-state index in [0.717, 1.165) is 6.92 Å². The largest absolute Gasteiger partial charge is 0.479 e. The van der Waals surface area contributed by atoms with Crippen molar-refractivity contribution in [1.29, 1.82) is 0 Å². The van der Waals surface area contributed by atoms with Gasteiger partial charge in [-0.05, 0) is 0 Å². The van der Waals surface area contributed by atoms with Gasteiger partial charge < -0.3 is 89.5 Å². The highest BCUT2D eigenvalue weighted by atomic mass is 32.3. The van der Waals surface area contributed by atoms with Crippen molar-refractivity contribution in [2.75, 3.05) is 19.8 Å². The Morgan fingerprint density at radius 1 is 0.579 bits per heavy atom.